The number of aryl methyl sites for hydroxylation is 1. The van der Waals surface area contributed by atoms with E-state index in [4.69, 9.17) is 9.47 Å². The lowest BCUT2D eigenvalue weighted by molar-refractivity contribution is -0.153. The molecule has 0 atom stereocenters. The molecular weight excluding hydrogens is 393 g/mol. The van der Waals surface area contributed by atoms with Crippen molar-refractivity contribution in [1.29, 1.82) is 0 Å². The average Bonchev–Trinajstić information content (AvgIpc) is 3.07. The molecule has 6 nitrogen and oxygen atoms in total. The van der Waals surface area contributed by atoms with Crippen LogP contribution in [0.4, 0.5) is 13.2 Å². The summed E-state index contributed by atoms with van der Waals surface area (Å²) >= 11 is 1.62. The number of benzene rings is 1. The maximum atomic E-state index is 12.3. The van der Waals surface area contributed by atoms with Gasteiger partial charge in [-0.3, -0.25) is 4.99 Å². The number of methoxy groups -OCH3 is 1. The van der Waals surface area contributed by atoms with Crippen molar-refractivity contribution in [3.05, 3.63) is 39.8 Å². The van der Waals surface area contributed by atoms with Gasteiger partial charge >= 0.3 is 6.18 Å². The summed E-state index contributed by atoms with van der Waals surface area (Å²) in [5.41, 5.74) is 1.85. The highest BCUT2D eigenvalue weighted by Gasteiger charge is 2.29. The van der Waals surface area contributed by atoms with Gasteiger partial charge in [-0.2, -0.15) is 13.2 Å². The highest BCUT2D eigenvalue weighted by atomic mass is 32.1. The quantitative estimate of drug-likeness (QED) is 0.511. The summed E-state index contributed by atoms with van der Waals surface area (Å²) in [4.78, 5) is 8.56. The van der Waals surface area contributed by atoms with Crippen LogP contribution in [0, 0.1) is 6.92 Å². The number of alkyl halides is 3. The fourth-order valence-corrected chi connectivity index (χ4v) is 2.99. The number of aliphatic imine (C=N–C) groups is 1. The van der Waals surface area contributed by atoms with E-state index >= 15 is 0 Å². The van der Waals surface area contributed by atoms with Crippen molar-refractivity contribution < 1.29 is 22.6 Å². The maximum absolute atomic E-state index is 12.3. The normalized spacial score (nSPS) is 12.0. The minimum absolute atomic E-state index is 0.0460. The lowest BCUT2D eigenvalue weighted by Crippen LogP contribution is -2.37. The van der Waals surface area contributed by atoms with E-state index in [1.807, 2.05) is 12.3 Å². The molecule has 10 heteroatoms. The largest absolute Gasteiger partial charge is 0.493 e. The molecule has 28 heavy (non-hydrogen) atoms. The van der Waals surface area contributed by atoms with Gasteiger partial charge in [0.15, 0.2) is 24.1 Å². The predicted molar refractivity (Wildman–Crippen MR) is 103 cm³/mol. The molecule has 2 rings (SSSR count). The van der Waals surface area contributed by atoms with Gasteiger partial charge in [-0.15, -0.1) is 11.3 Å². The molecule has 0 bridgehead atoms. The molecule has 2 N–H and O–H groups in total. The summed E-state index contributed by atoms with van der Waals surface area (Å²) < 4.78 is 46.9. The Bertz CT molecular complexity index is 793. The molecule has 154 valence electrons. The van der Waals surface area contributed by atoms with Crippen LogP contribution in [-0.2, 0) is 13.0 Å². The number of ether oxygens (including phenoxy) is 2. The van der Waals surface area contributed by atoms with Crippen LogP contribution in [-0.4, -0.2) is 44.4 Å². The lowest BCUT2D eigenvalue weighted by Gasteiger charge is -2.15. The first-order valence-electron chi connectivity index (χ1n) is 8.52. The Hall–Kier alpha value is -2.49. The number of aromatic nitrogens is 1. The van der Waals surface area contributed by atoms with Gasteiger partial charge in [0.25, 0.3) is 0 Å². The summed E-state index contributed by atoms with van der Waals surface area (Å²) in [5.74, 6) is 0.901. The zero-order valence-electron chi connectivity index (χ0n) is 15.9. The highest BCUT2D eigenvalue weighted by molar-refractivity contribution is 7.09. The molecule has 0 spiro atoms. The number of thiazole rings is 1. The van der Waals surface area contributed by atoms with Crippen molar-refractivity contribution in [1.82, 2.24) is 15.6 Å². The number of halogens is 3. The predicted octanol–water partition coefficient (Wildman–Crippen LogP) is 3.31. The van der Waals surface area contributed by atoms with E-state index in [1.165, 1.54) is 13.2 Å². The lowest BCUT2D eigenvalue weighted by atomic mass is 10.2. The second kappa shape index (κ2) is 10.2. The molecule has 0 radical (unpaired) electrons. The van der Waals surface area contributed by atoms with Gasteiger partial charge in [-0.05, 0) is 24.6 Å². The first-order chi connectivity index (χ1) is 13.3. The summed E-state index contributed by atoms with van der Waals surface area (Å²) in [6, 6.07) is 4.76. The van der Waals surface area contributed by atoms with E-state index in [0.29, 0.717) is 19.0 Å². The number of guanidine groups is 1. The van der Waals surface area contributed by atoms with E-state index in [2.05, 4.69) is 20.6 Å². The van der Waals surface area contributed by atoms with E-state index in [0.717, 1.165) is 22.7 Å². The molecule has 1 heterocycles. The SMILES string of the molecule is CN=C(NCCc1csc(C)n1)NCc1ccc(OCC(F)(F)F)c(OC)c1. The highest BCUT2D eigenvalue weighted by Crippen LogP contribution is 2.29. The van der Waals surface area contributed by atoms with Crippen LogP contribution in [0.25, 0.3) is 0 Å². The number of hydrogen-bond acceptors (Lipinski definition) is 5. The Kier molecular flexibility index (Phi) is 7.91. The Morgan fingerprint density at radius 1 is 1.25 bits per heavy atom. The zero-order valence-corrected chi connectivity index (χ0v) is 16.7. The van der Waals surface area contributed by atoms with E-state index < -0.39 is 12.8 Å². The topological polar surface area (TPSA) is 67.8 Å². The van der Waals surface area contributed by atoms with E-state index in [9.17, 15) is 13.2 Å². The molecule has 0 unspecified atom stereocenters. The van der Waals surface area contributed by atoms with Crippen molar-refractivity contribution in [2.24, 2.45) is 4.99 Å². The van der Waals surface area contributed by atoms with E-state index in [1.54, 1.807) is 30.5 Å². The molecule has 0 aliphatic carbocycles. The molecule has 0 aliphatic rings. The number of nitrogens with one attached hydrogen (secondary N) is 2. The van der Waals surface area contributed by atoms with Crippen LogP contribution in [0.3, 0.4) is 0 Å². The van der Waals surface area contributed by atoms with Crippen LogP contribution in [0.15, 0.2) is 28.6 Å². The molecule has 0 saturated carbocycles. The smallest absolute Gasteiger partial charge is 0.422 e. The van der Waals surface area contributed by atoms with Gasteiger partial charge < -0.3 is 20.1 Å². The minimum atomic E-state index is -4.40. The van der Waals surface area contributed by atoms with Gasteiger partial charge in [0.05, 0.1) is 17.8 Å². The monoisotopic (exact) mass is 416 g/mol. The van der Waals surface area contributed by atoms with Gasteiger partial charge in [0.1, 0.15) is 0 Å². The Balaban J connectivity index is 1.85. The molecule has 2 aromatic rings. The summed E-state index contributed by atoms with van der Waals surface area (Å²) in [6.45, 7) is 1.70. The van der Waals surface area contributed by atoms with Crippen LogP contribution in [0.5, 0.6) is 11.5 Å². The van der Waals surface area contributed by atoms with Gasteiger partial charge in [-0.25, -0.2) is 4.98 Å². The summed E-state index contributed by atoms with van der Waals surface area (Å²) in [5, 5.41) is 9.41. The van der Waals surface area contributed by atoms with Crippen LogP contribution in [0.2, 0.25) is 0 Å². The zero-order chi connectivity index (χ0) is 20.6. The molecule has 0 saturated heterocycles. The minimum Gasteiger partial charge on any atom is -0.493 e. The molecule has 0 fully saturated rings. The van der Waals surface area contributed by atoms with Crippen molar-refractivity contribution in [3.8, 4) is 11.5 Å². The van der Waals surface area contributed by atoms with Crippen molar-refractivity contribution in [2.45, 2.75) is 26.1 Å². The summed E-state index contributed by atoms with van der Waals surface area (Å²) in [7, 11) is 3.05. The molecule has 1 aromatic carbocycles. The van der Waals surface area contributed by atoms with Gasteiger partial charge in [0, 0.05) is 31.9 Å². The standard InChI is InChI=1S/C18H23F3N4O2S/c1-12-25-14(10-28-12)6-7-23-17(22-2)24-9-13-4-5-15(16(8-13)26-3)27-11-18(19,20)21/h4-5,8,10H,6-7,9,11H2,1-3H3,(H2,22,23,24). The number of rotatable bonds is 8. The van der Waals surface area contributed by atoms with Crippen molar-refractivity contribution in [2.75, 3.05) is 27.3 Å². The third-order valence-electron chi connectivity index (χ3n) is 3.64. The molecule has 0 amide bonds. The fourth-order valence-electron chi connectivity index (χ4n) is 2.34. The molecule has 0 aliphatic heterocycles. The van der Waals surface area contributed by atoms with Crippen LogP contribution >= 0.6 is 11.3 Å². The Morgan fingerprint density at radius 2 is 2.04 bits per heavy atom. The molecular formula is C18H23F3N4O2S. The third-order valence-corrected chi connectivity index (χ3v) is 4.47. The van der Waals surface area contributed by atoms with Gasteiger partial charge in [0.2, 0.25) is 0 Å². The first kappa shape index (κ1) is 21.8. The maximum Gasteiger partial charge on any atom is 0.422 e. The second-order valence-corrected chi connectivity index (χ2v) is 6.91. The van der Waals surface area contributed by atoms with Crippen LogP contribution < -0.4 is 20.1 Å². The van der Waals surface area contributed by atoms with Crippen LogP contribution in [0.1, 0.15) is 16.3 Å². The fraction of sp³-hybridized carbons (Fsp3) is 0.444. The average molecular weight is 416 g/mol. The second-order valence-electron chi connectivity index (χ2n) is 5.85. The Morgan fingerprint density at radius 3 is 2.64 bits per heavy atom. The van der Waals surface area contributed by atoms with Crippen molar-refractivity contribution in [3.63, 3.8) is 0 Å². The molecule has 1 aromatic heterocycles. The third kappa shape index (κ3) is 7.26. The first-order valence-corrected chi connectivity index (χ1v) is 9.40. The number of hydrogen-bond donors (Lipinski definition) is 2. The van der Waals surface area contributed by atoms with E-state index in [-0.39, 0.29) is 11.5 Å². The van der Waals surface area contributed by atoms with Crippen molar-refractivity contribution >= 4 is 17.3 Å². The number of nitrogens with zero attached hydrogens (tertiary/aromatic N) is 2. The summed E-state index contributed by atoms with van der Waals surface area (Å²) in [6.07, 6.45) is -3.62. The Labute approximate surface area is 165 Å². The van der Waals surface area contributed by atoms with Gasteiger partial charge in [-0.1, -0.05) is 6.07 Å².